The molecule has 4 rings (SSSR count). The van der Waals surface area contributed by atoms with E-state index in [0.29, 0.717) is 24.9 Å². The van der Waals surface area contributed by atoms with Crippen LogP contribution in [0.25, 0.3) is 0 Å². The second-order valence-electron chi connectivity index (χ2n) is 9.69. The number of nitrogens with one attached hydrogen (secondary N) is 1. The number of likely N-dealkylation sites (tertiary alicyclic amines) is 1. The number of rotatable bonds is 4. The quantitative estimate of drug-likeness (QED) is 0.742. The summed E-state index contributed by atoms with van der Waals surface area (Å²) in [5.41, 5.74) is 0.176. The fourth-order valence-corrected chi connectivity index (χ4v) is 7.06. The van der Waals surface area contributed by atoms with Gasteiger partial charge < -0.3 is 15.0 Å². The Kier molecular flexibility index (Phi) is 4.78. The molecule has 1 aliphatic carbocycles. The van der Waals surface area contributed by atoms with Gasteiger partial charge in [0.25, 0.3) is 0 Å². The van der Waals surface area contributed by atoms with E-state index in [0.717, 1.165) is 32.5 Å². The van der Waals surface area contributed by atoms with Gasteiger partial charge in [-0.25, -0.2) is 8.42 Å². The predicted octanol–water partition coefficient (Wildman–Crippen LogP) is 0.447. The Labute approximate surface area is 161 Å². The van der Waals surface area contributed by atoms with Gasteiger partial charge in [0, 0.05) is 32.2 Å². The summed E-state index contributed by atoms with van der Waals surface area (Å²) < 4.78 is 29.7. The Bertz CT molecular complexity index is 714. The fourth-order valence-electron chi connectivity index (χ4n) is 5.14. The normalized spacial score (nSPS) is 35.5. The zero-order valence-electron chi connectivity index (χ0n) is 16.1. The lowest BCUT2D eigenvalue weighted by molar-refractivity contribution is -0.144. The van der Waals surface area contributed by atoms with E-state index in [9.17, 15) is 18.0 Å². The van der Waals surface area contributed by atoms with Gasteiger partial charge in [0.05, 0.1) is 23.5 Å². The van der Waals surface area contributed by atoms with E-state index in [1.807, 2.05) is 0 Å². The molecule has 3 heterocycles. The molecule has 3 atom stereocenters. The molecule has 2 amide bonds. The minimum Gasteiger partial charge on any atom is -0.381 e. The molecule has 0 aromatic rings. The van der Waals surface area contributed by atoms with Gasteiger partial charge in [-0.2, -0.15) is 0 Å². The SMILES string of the molecule is CC1(C)CC(C(=O)N[C@@H]2CS(=O)(=O)C[C@H]2C(=O)N2CC(C3CCOC3)C2)C1. The molecule has 0 aromatic heterocycles. The van der Waals surface area contributed by atoms with Crippen LogP contribution in [0.4, 0.5) is 0 Å². The van der Waals surface area contributed by atoms with Crippen LogP contribution in [0.15, 0.2) is 0 Å². The molecule has 7 nitrogen and oxygen atoms in total. The summed E-state index contributed by atoms with van der Waals surface area (Å²) in [4.78, 5) is 27.2. The van der Waals surface area contributed by atoms with Crippen molar-refractivity contribution in [1.29, 1.82) is 0 Å². The van der Waals surface area contributed by atoms with Gasteiger partial charge in [0.2, 0.25) is 11.8 Å². The van der Waals surface area contributed by atoms with Crippen molar-refractivity contribution in [3.05, 3.63) is 0 Å². The van der Waals surface area contributed by atoms with Crippen molar-refractivity contribution in [2.75, 3.05) is 37.8 Å². The molecule has 1 unspecified atom stereocenters. The lowest BCUT2D eigenvalue weighted by atomic mass is 9.64. The minimum absolute atomic E-state index is 0.0604. The summed E-state index contributed by atoms with van der Waals surface area (Å²) in [5, 5.41) is 2.89. The molecule has 0 spiro atoms. The number of ether oxygens (including phenoxy) is 1. The van der Waals surface area contributed by atoms with Crippen LogP contribution in [0, 0.1) is 29.1 Å². The van der Waals surface area contributed by atoms with Crippen LogP contribution >= 0.6 is 0 Å². The third kappa shape index (κ3) is 3.88. The standard InChI is InChI=1S/C19H30N2O5S/c1-19(2)5-13(6-19)17(22)20-16-11-27(24,25)10-15(16)18(23)21-7-14(8-21)12-3-4-26-9-12/h12-16H,3-11H2,1-2H3,(H,20,22)/t12?,15-,16-/m1/s1. The highest BCUT2D eigenvalue weighted by Crippen LogP contribution is 2.45. The maximum absolute atomic E-state index is 12.9. The molecule has 3 aliphatic heterocycles. The van der Waals surface area contributed by atoms with Crippen LogP contribution in [-0.2, 0) is 24.2 Å². The van der Waals surface area contributed by atoms with Crippen molar-refractivity contribution >= 4 is 21.7 Å². The molecule has 3 saturated heterocycles. The Morgan fingerprint density at radius 2 is 1.81 bits per heavy atom. The van der Waals surface area contributed by atoms with Crippen molar-refractivity contribution in [1.82, 2.24) is 10.2 Å². The monoisotopic (exact) mass is 398 g/mol. The van der Waals surface area contributed by atoms with Crippen LogP contribution in [0.5, 0.6) is 0 Å². The largest absolute Gasteiger partial charge is 0.381 e. The molecule has 4 fully saturated rings. The highest BCUT2D eigenvalue weighted by molar-refractivity contribution is 7.91. The number of carbonyl (C=O) groups excluding carboxylic acids is 2. The fraction of sp³-hybridized carbons (Fsp3) is 0.895. The van der Waals surface area contributed by atoms with Gasteiger partial charge in [-0.15, -0.1) is 0 Å². The first-order chi connectivity index (χ1) is 12.6. The maximum Gasteiger partial charge on any atom is 0.228 e. The van der Waals surface area contributed by atoms with Gasteiger partial charge in [0.1, 0.15) is 0 Å². The molecule has 4 aliphatic rings. The summed E-state index contributed by atoms with van der Waals surface area (Å²) in [6, 6.07) is -0.590. The first-order valence-electron chi connectivity index (χ1n) is 10.0. The van der Waals surface area contributed by atoms with Crippen molar-refractivity contribution < 1.29 is 22.7 Å². The third-order valence-corrected chi connectivity index (χ3v) is 8.55. The van der Waals surface area contributed by atoms with E-state index in [-0.39, 0.29) is 34.7 Å². The van der Waals surface area contributed by atoms with Crippen LogP contribution in [0.3, 0.4) is 0 Å². The average Bonchev–Trinajstić information content (AvgIpc) is 3.11. The highest BCUT2D eigenvalue weighted by atomic mass is 32.2. The van der Waals surface area contributed by atoms with Gasteiger partial charge >= 0.3 is 0 Å². The zero-order chi connectivity index (χ0) is 19.4. The van der Waals surface area contributed by atoms with Gasteiger partial charge in [0.15, 0.2) is 9.84 Å². The minimum atomic E-state index is -3.30. The van der Waals surface area contributed by atoms with E-state index in [4.69, 9.17) is 4.74 Å². The number of hydrogen-bond donors (Lipinski definition) is 1. The molecule has 0 radical (unpaired) electrons. The smallest absolute Gasteiger partial charge is 0.228 e. The molecule has 0 aromatic carbocycles. The highest BCUT2D eigenvalue weighted by Gasteiger charge is 2.49. The maximum atomic E-state index is 12.9. The van der Waals surface area contributed by atoms with Crippen molar-refractivity contribution in [2.24, 2.45) is 29.1 Å². The van der Waals surface area contributed by atoms with Crippen LogP contribution in [0.2, 0.25) is 0 Å². The van der Waals surface area contributed by atoms with Gasteiger partial charge in [-0.3, -0.25) is 9.59 Å². The number of sulfone groups is 1. The summed E-state index contributed by atoms with van der Waals surface area (Å²) in [6.07, 6.45) is 2.67. The Balaban J connectivity index is 1.35. The predicted molar refractivity (Wildman–Crippen MR) is 99.6 cm³/mol. The number of amides is 2. The summed E-state index contributed by atoms with van der Waals surface area (Å²) >= 11 is 0. The second kappa shape index (κ2) is 6.72. The number of carbonyl (C=O) groups is 2. The summed E-state index contributed by atoms with van der Waals surface area (Å²) in [6.45, 7) is 7.17. The molecule has 27 heavy (non-hydrogen) atoms. The Morgan fingerprint density at radius 1 is 1.11 bits per heavy atom. The molecule has 8 heteroatoms. The van der Waals surface area contributed by atoms with E-state index in [1.54, 1.807) is 4.90 Å². The molecular formula is C19H30N2O5S. The summed E-state index contributed by atoms with van der Waals surface area (Å²) in [5.74, 6) is -0.231. The van der Waals surface area contributed by atoms with Gasteiger partial charge in [-0.05, 0) is 36.5 Å². The number of nitrogens with zero attached hydrogens (tertiary/aromatic N) is 1. The Hall–Kier alpha value is -1.15. The third-order valence-electron chi connectivity index (χ3n) is 6.82. The van der Waals surface area contributed by atoms with Crippen molar-refractivity contribution in [3.8, 4) is 0 Å². The molecule has 1 N–H and O–H groups in total. The van der Waals surface area contributed by atoms with Crippen molar-refractivity contribution in [2.45, 2.75) is 39.2 Å². The first-order valence-corrected chi connectivity index (χ1v) is 11.8. The lowest BCUT2D eigenvalue weighted by Crippen LogP contribution is -2.57. The average molecular weight is 399 g/mol. The second-order valence-corrected chi connectivity index (χ2v) is 11.8. The topological polar surface area (TPSA) is 92.8 Å². The molecular weight excluding hydrogens is 368 g/mol. The van der Waals surface area contributed by atoms with E-state index >= 15 is 0 Å². The van der Waals surface area contributed by atoms with Crippen LogP contribution in [0.1, 0.15) is 33.1 Å². The van der Waals surface area contributed by atoms with E-state index < -0.39 is 21.8 Å². The molecule has 0 bridgehead atoms. The molecule has 152 valence electrons. The van der Waals surface area contributed by atoms with Crippen LogP contribution in [-0.4, -0.2) is 69.0 Å². The lowest BCUT2D eigenvalue weighted by Gasteiger charge is -2.44. The van der Waals surface area contributed by atoms with Crippen LogP contribution < -0.4 is 5.32 Å². The van der Waals surface area contributed by atoms with E-state index in [2.05, 4.69) is 19.2 Å². The molecule has 1 saturated carbocycles. The van der Waals surface area contributed by atoms with Gasteiger partial charge in [-0.1, -0.05) is 13.8 Å². The van der Waals surface area contributed by atoms with E-state index in [1.165, 1.54) is 0 Å². The summed E-state index contributed by atoms with van der Waals surface area (Å²) in [7, 11) is -3.30. The van der Waals surface area contributed by atoms with Crippen molar-refractivity contribution in [3.63, 3.8) is 0 Å². The first kappa shape index (κ1) is 19.2. The Morgan fingerprint density at radius 3 is 2.41 bits per heavy atom. The number of hydrogen-bond acceptors (Lipinski definition) is 5. The zero-order valence-corrected chi connectivity index (χ0v) is 17.0.